The van der Waals surface area contributed by atoms with Crippen molar-refractivity contribution in [3.05, 3.63) is 85.5 Å². The number of benzene rings is 2. The maximum Gasteiger partial charge on any atom is 0.302 e. The summed E-state index contributed by atoms with van der Waals surface area (Å²) in [7, 11) is 1.32. The van der Waals surface area contributed by atoms with E-state index in [2.05, 4.69) is 13.2 Å². The molecule has 17 nitrogen and oxygen atoms in total. The number of ether oxygens (including phenoxy) is 5. The largest absolute Gasteiger partial charge is 0.493 e. The smallest absolute Gasteiger partial charge is 0.302 e. The molecule has 52 heavy (non-hydrogen) atoms. The first-order valence-electron chi connectivity index (χ1n) is 16.2. The quantitative estimate of drug-likeness (QED) is 0.0825. The first-order chi connectivity index (χ1) is 24.6. The van der Waals surface area contributed by atoms with Gasteiger partial charge in [0, 0.05) is 39.4 Å². The molecule has 17 heteroatoms. The van der Waals surface area contributed by atoms with Crippen molar-refractivity contribution in [2.75, 3.05) is 46.6 Å². The molecule has 2 aromatic carbocycles. The zero-order valence-corrected chi connectivity index (χ0v) is 29.3. The van der Waals surface area contributed by atoms with Crippen LogP contribution in [-0.2, 0) is 19.1 Å². The van der Waals surface area contributed by atoms with E-state index in [4.69, 9.17) is 23.7 Å². The third-order valence-corrected chi connectivity index (χ3v) is 8.43. The molecule has 2 amide bonds. The normalized spacial score (nSPS) is 16.8. The number of carbonyl (C=O) groups is 4. The molecular weight excluding hydrogens is 684 g/mol. The molecule has 0 saturated carbocycles. The third-order valence-electron chi connectivity index (χ3n) is 8.43. The molecule has 4 rings (SSSR count). The number of nitro groups is 2. The van der Waals surface area contributed by atoms with Gasteiger partial charge >= 0.3 is 11.9 Å². The Balaban J connectivity index is 1.43. The fourth-order valence-corrected chi connectivity index (χ4v) is 5.99. The standard InChI is InChI=1S/C35H40N4O13/c1-20-10-25(18-51-23(4)40)36(16-20)34(42)27-12-22(3)31(14-29(27)38(44)45)49-8-7-9-50-33-15-30(39(46)47)28(13-32(33)48-6)35(43)37-17-21(2)11-26(37)19-52-24(5)41/h12-15,25-26H,1-2,7-11,16-19H2,3-6H3/t25-,26-/m0/s1. The lowest BCUT2D eigenvalue weighted by atomic mass is 10.1. The Bertz CT molecular complexity index is 1810. The Morgan fingerprint density at radius 1 is 0.750 bits per heavy atom. The second-order valence-corrected chi connectivity index (χ2v) is 12.4. The first kappa shape index (κ1) is 38.8. The maximum absolute atomic E-state index is 13.5. The van der Waals surface area contributed by atoms with E-state index in [0.29, 0.717) is 24.0 Å². The van der Waals surface area contributed by atoms with Crippen molar-refractivity contribution in [1.29, 1.82) is 0 Å². The minimum atomic E-state index is -0.710. The van der Waals surface area contributed by atoms with Crippen LogP contribution in [0.1, 0.15) is 59.4 Å². The van der Waals surface area contributed by atoms with E-state index in [0.717, 1.165) is 11.6 Å². The van der Waals surface area contributed by atoms with Crippen LogP contribution in [-0.4, -0.2) is 102 Å². The molecular formula is C35H40N4O13. The summed E-state index contributed by atoms with van der Waals surface area (Å²) >= 11 is 0. The van der Waals surface area contributed by atoms with Crippen LogP contribution < -0.4 is 14.2 Å². The van der Waals surface area contributed by atoms with E-state index < -0.39 is 57.1 Å². The number of hydrogen-bond donors (Lipinski definition) is 0. The van der Waals surface area contributed by atoms with Crippen molar-refractivity contribution in [2.24, 2.45) is 0 Å². The lowest BCUT2D eigenvalue weighted by molar-refractivity contribution is -0.385. The Labute approximate surface area is 299 Å². The number of nitro benzene ring substituents is 2. The van der Waals surface area contributed by atoms with Gasteiger partial charge in [0.1, 0.15) is 30.1 Å². The second kappa shape index (κ2) is 16.8. The predicted octanol–water partition coefficient (Wildman–Crippen LogP) is 4.34. The van der Waals surface area contributed by atoms with Crippen LogP contribution in [0.3, 0.4) is 0 Å². The van der Waals surface area contributed by atoms with Gasteiger partial charge in [0.15, 0.2) is 11.5 Å². The zero-order valence-electron chi connectivity index (χ0n) is 29.3. The summed E-state index contributed by atoms with van der Waals surface area (Å²) in [5.74, 6) is -2.07. The van der Waals surface area contributed by atoms with Crippen LogP contribution in [0.25, 0.3) is 0 Å². The fraction of sp³-hybridized carbons (Fsp3) is 0.429. The number of nitrogens with zero attached hydrogens (tertiary/aromatic N) is 4. The number of aryl methyl sites for hydroxylation is 1. The maximum atomic E-state index is 13.5. The minimum absolute atomic E-state index is 0.000621. The SMILES string of the molecule is C=C1C[C@@H](COC(C)=O)N(C(=O)c2cc(C)c(OCCCOc3cc([N+](=O)[O-])c(C(=O)N4CC(=C)C[C@H]4COC(C)=O)cc3OC)cc2[N+](=O)[O-])C1. The summed E-state index contributed by atoms with van der Waals surface area (Å²) in [6, 6.07) is 3.81. The summed E-state index contributed by atoms with van der Waals surface area (Å²) in [4.78, 5) is 75.1. The molecule has 2 aromatic rings. The van der Waals surface area contributed by atoms with Gasteiger partial charge in [0.05, 0.1) is 54.4 Å². The summed E-state index contributed by atoms with van der Waals surface area (Å²) < 4.78 is 27.1. The van der Waals surface area contributed by atoms with Crippen LogP contribution in [0.2, 0.25) is 0 Å². The third kappa shape index (κ3) is 9.21. The van der Waals surface area contributed by atoms with E-state index in [-0.39, 0.29) is 74.3 Å². The fourth-order valence-electron chi connectivity index (χ4n) is 5.99. The van der Waals surface area contributed by atoms with Crippen LogP contribution in [0.15, 0.2) is 48.6 Å². The van der Waals surface area contributed by atoms with Crippen molar-refractivity contribution >= 4 is 35.1 Å². The first-order valence-corrected chi connectivity index (χ1v) is 16.2. The van der Waals surface area contributed by atoms with Gasteiger partial charge in [-0.25, -0.2) is 0 Å². The van der Waals surface area contributed by atoms with Crippen molar-refractivity contribution in [3.8, 4) is 17.2 Å². The Hall–Kier alpha value is -6.00. The molecule has 0 spiro atoms. The monoisotopic (exact) mass is 724 g/mol. The van der Waals surface area contributed by atoms with E-state index in [1.54, 1.807) is 6.92 Å². The molecule has 0 aliphatic carbocycles. The molecule has 0 aromatic heterocycles. The van der Waals surface area contributed by atoms with Gasteiger partial charge in [0.25, 0.3) is 23.2 Å². The molecule has 0 bridgehead atoms. The van der Waals surface area contributed by atoms with Crippen LogP contribution in [0, 0.1) is 27.2 Å². The number of likely N-dealkylation sites (tertiary alicyclic amines) is 2. The number of methoxy groups -OCH3 is 1. The van der Waals surface area contributed by atoms with Gasteiger partial charge in [-0.15, -0.1) is 0 Å². The summed E-state index contributed by atoms with van der Waals surface area (Å²) in [6.45, 7) is 12.1. The van der Waals surface area contributed by atoms with Crippen molar-refractivity contribution < 1.29 is 52.7 Å². The molecule has 0 N–H and O–H groups in total. The molecule has 2 fully saturated rings. The van der Waals surface area contributed by atoms with Gasteiger partial charge in [0.2, 0.25) is 0 Å². The lowest BCUT2D eigenvalue weighted by Gasteiger charge is -2.24. The summed E-state index contributed by atoms with van der Waals surface area (Å²) in [6.07, 6.45) is 0.995. The molecule has 0 radical (unpaired) electrons. The summed E-state index contributed by atoms with van der Waals surface area (Å²) in [5.41, 5.74) is 0.514. The van der Waals surface area contributed by atoms with Crippen molar-refractivity contribution in [2.45, 2.75) is 52.1 Å². The van der Waals surface area contributed by atoms with Crippen LogP contribution >= 0.6 is 0 Å². The van der Waals surface area contributed by atoms with Gasteiger partial charge < -0.3 is 33.5 Å². The average molecular weight is 725 g/mol. The average Bonchev–Trinajstić information content (AvgIpc) is 3.66. The molecule has 0 unspecified atom stereocenters. The highest BCUT2D eigenvalue weighted by Crippen LogP contribution is 2.37. The Kier molecular flexibility index (Phi) is 12.5. The van der Waals surface area contributed by atoms with Gasteiger partial charge in [-0.2, -0.15) is 0 Å². The van der Waals surface area contributed by atoms with Gasteiger partial charge in [-0.3, -0.25) is 39.4 Å². The van der Waals surface area contributed by atoms with Crippen LogP contribution in [0.4, 0.5) is 11.4 Å². The lowest BCUT2D eigenvalue weighted by Crippen LogP contribution is -2.39. The zero-order chi connectivity index (χ0) is 38.3. The highest BCUT2D eigenvalue weighted by Gasteiger charge is 2.37. The topological polar surface area (TPSA) is 207 Å². The Morgan fingerprint density at radius 2 is 1.19 bits per heavy atom. The molecule has 2 atom stereocenters. The van der Waals surface area contributed by atoms with E-state index in [1.165, 1.54) is 49.0 Å². The number of carbonyl (C=O) groups excluding carboxylic acids is 4. The minimum Gasteiger partial charge on any atom is -0.493 e. The van der Waals surface area contributed by atoms with Gasteiger partial charge in [-0.05, 0) is 31.4 Å². The van der Waals surface area contributed by atoms with Crippen molar-refractivity contribution in [3.63, 3.8) is 0 Å². The highest BCUT2D eigenvalue weighted by molar-refractivity contribution is 6.00. The highest BCUT2D eigenvalue weighted by atomic mass is 16.6. The van der Waals surface area contributed by atoms with Crippen LogP contribution in [0.5, 0.6) is 17.2 Å². The predicted molar refractivity (Wildman–Crippen MR) is 184 cm³/mol. The second-order valence-electron chi connectivity index (χ2n) is 12.4. The van der Waals surface area contributed by atoms with Gasteiger partial charge in [-0.1, -0.05) is 24.3 Å². The van der Waals surface area contributed by atoms with E-state index >= 15 is 0 Å². The number of amides is 2. The Morgan fingerprint density at radius 3 is 1.63 bits per heavy atom. The van der Waals surface area contributed by atoms with E-state index in [1.807, 2.05) is 0 Å². The molecule has 2 aliphatic heterocycles. The molecule has 2 aliphatic rings. The van der Waals surface area contributed by atoms with Crippen molar-refractivity contribution in [1.82, 2.24) is 9.80 Å². The molecule has 2 heterocycles. The number of rotatable bonds is 15. The number of hydrogen-bond acceptors (Lipinski definition) is 13. The number of esters is 2. The molecule has 2 saturated heterocycles. The van der Waals surface area contributed by atoms with E-state index in [9.17, 15) is 39.4 Å². The molecule has 278 valence electrons. The summed E-state index contributed by atoms with van der Waals surface area (Å²) in [5, 5.41) is 24.1.